The van der Waals surface area contributed by atoms with Crippen molar-refractivity contribution in [1.82, 2.24) is 4.90 Å². The minimum absolute atomic E-state index is 0.0394. The summed E-state index contributed by atoms with van der Waals surface area (Å²) < 4.78 is 0. The molecule has 0 atom stereocenters. The van der Waals surface area contributed by atoms with E-state index >= 15 is 0 Å². The van der Waals surface area contributed by atoms with Crippen LogP contribution in [0, 0.1) is 6.92 Å². The first-order valence-electron chi connectivity index (χ1n) is 6.95. The van der Waals surface area contributed by atoms with Crippen molar-refractivity contribution in [1.29, 1.82) is 0 Å². The second kappa shape index (κ2) is 6.90. The molecule has 4 nitrogen and oxygen atoms in total. The minimum Gasteiger partial charge on any atom is -0.507 e. The summed E-state index contributed by atoms with van der Waals surface area (Å²) in [6.45, 7) is 3.08. The number of benzene rings is 2. The van der Waals surface area contributed by atoms with Crippen LogP contribution in [0.3, 0.4) is 0 Å². The molecule has 3 N–H and O–H groups in total. The number of rotatable bonds is 5. The van der Waals surface area contributed by atoms with Gasteiger partial charge in [-0.1, -0.05) is 42.5 Å². The van der Waals surface area contributed by atoms with Gasteiger partial charge >= 0.3 is 0 Å². The highest BCUT2D eigenvalue weighted by molar-refractivity contribution is 5.97. The summed E-state index contributed by atoms with van der Waals surface area (Å²) >= 11 is 0. The third kappa shape index (κ3) is 3.61. The normalized spacial score (nSPS) is 10.4. The van der Waals surface area contributed by atoms with Gasteiger partial charge in [0.05, 0.1) is 5.56 Å². The number of hydrogen-bond donors (Lipinski definition) is 2. The first kappa shape index (κ1) is 15.1. The summed E-state index contributed by atoms with van der Waals surface area (Å²) in [6.07, 6.45) is 0. The van der Waals surface area contributed by atoms with Gasteiger partial charge in [-0.05, 0) is 24.1 Å². The molecule has 1 amide bonds. The van der Waals surface area contributed by atoms with Gasteiger partial charge in [0.15, 0.2) is 0 Å². The Morgan fingerprint density at radius 1 is 1.14 bits per heavy atom. The van der Waals surface area contributed by atoms with Crippen LogP contribution in [-0.2, 0) is 6.54 Å². The molecular weight excluding hydrogens is 264 g/mol. The van der Waals surface area contributed by atoms with Gasteiger partial charge in [-0.3, -0.25) is 4.79 Å². The van der Waals surface area contributed by atoms with Crippen LogP contribution in [0.5, 0.6) is 5.75 Å². The molecule has 2 aromatic rings. The number of aryl methyl sites for hydroxylation is 1. The van der Waals surface area contributed by atoms with E-state index in [2.05, 4.69) is 0 Å². The maximum atomic E-state index is 12.6. The van der Waals surface area contributed by atoms with Crippen LogP contribution in [0.1, 0.15) is 21.5 Å². The zero-order valence-electron chi connectivity index (χ0n) is 12.1. The van der Waals surface area contributed by atoms with Crippen molar-refractivity contribution >= 4 is 5.91 Å². The quantitative estimate of drug-likeness (QED) is 0.885. The number of carbonyl (C=O) groups excluding carboxylic acids is 1. The average molecular weight is 284 g/mol. The van der Waals surface area contributed by atoms with Gasteiger partial charge in [-0.2, -0.15) is 0 Å². The number of phenolic OH excluding ortho intramolecular Hbond substituents is 1. The molecule has 2 aromatic carbocycles. The van der Waals surface area contributed by atoms with E-state index in [1.807, 2.05) is 30.3 Å². The Bertz CT molecular complexity index is 611. The number of para-hydroxylation sites is 1. The fourth-order valence-electron chi connectivity index (χ4n) is 2.21. The summed E-state index contributed by atoms with van der Waals surface area (Å²) in [5, 5.41) is 10.1. The molecule has 2 rings (SSSR count). The van der Waals surface area contributed by atoms with E-state index in [1.54, 1.807) is 30.0 Å². The number of phenols is 1. The lowest BCUT2D eigenvalue weighted by Crippen LogP contribution is -2.35. The first-order chi connectivity index (χ1) is 10.1. The third-order valence-electron chi connectivity index (χ3n) is 3.37. The molecule has 110 valence electrons. The summed E-state index contributed by atoms with van der Waals surface area (Å²) in [4.78, 5) is 14.3. The van der Waals surface area contributed by atoms with E-state index in [0.717, 1.165) is 5.56 Å². The molecular formula is C17H20N2O2. The summed E-state index contributed by atoms with van der Waals surface area (Å²) in [7, 11) is 0. The number of amides is 1. The molecule has 0 radical (unpaired) electrons. The molecule has 0 spiro atoms. The van der Waals surface area contributed by atoms with E-state index in [4.69, 9.17) is 5.73 Å². The fraction of sp³-hybridized carbons (Fsp3) is 0.235. The topological polar surface area (TPSA) is 66.6 Å². The molecule has 0 saturated heterocycles. The minimum atomic E-state index is -0.203. The predicted molar refractivity (Wildman–Crippen MR) is 83.1 cm³/mol. The summed E-state index contributed by atoms with van der Waals surface area (Å²) in [6, 6.07) is 14.9. The average Bonchev–Trinajstić information content (AvgIpc) is 2.50. The maximum absolute atomic E-state index is 12.6. The second-order valence-corrected chi connectivity index (χ2v) is 4.97. The zero-order valence-corrected chi connectivity index (χ0v) is 12.1. The van der Waals surface area contributed by atoms with Gasteiger partial charge in [-0.15, -0.1) is 0 Å². The van der Waals surface area contributed by atoms with Gasteiger partial charge in [-0.25, -0.2) is 0 Å². The van der Waals surface area contributed by atoms with Crippen molar-refractivity contribution < 1.29 is 9.90 Å². The summed E-state index contributed by atoms with van der Waals surface area (Å²) in [5.41, 5.74) is 7.65. The molecule has 21 heavy (non-hydrogen) atoms. The van der Waals surface area contributed by atoms with Crippen molar-refractivity contribution in [2.45, 2.75) is 13.5 Å². The van der Waals surface area contributed by atoms with E-state index < -0.39 is 0 Å². The standard InChI is InChI=1S/C17H20N2O2/c1-13-6-5-9-15(16(13)20)17(21)19(11-10-18)12-14-7-3-2-4-8-14/h2-9,20H,10-12,18H2,1H3. The SMILES string of the molecule is Cc1cccc(C(=O)N(CCN)Cc2ccccc2)c1O. The number of carbonyl (C=O) groups is 1. The van der Waals surface area contributed by atoms with Crippen molar-refractivity contribution in [2.24, 2.45) is 5.73 Å². The van der Waals surface area contributed by atoms with Gasteiger partial charge < -0.3 is 15.7 Å². The molecule has 0 heterocycles. The molecule has 0 aliphatic carbocycles. The molecule has 0 aliphatic heterocycles. The van der Waals surface area contributed by atoms with Crippen molar-refractivity contribution in [3.05, 3.63) is 65.2 Å². The zero-order chi connectivity index (χ0) is 15.2. The number of hydrogen-bond acceptors (Lipinski definition) is 3. The third-order valence-corrected chi connectivity index (χ3v) is 3.37. The van der Waals surface area contributed by atoms with Crippen LogP contribution < -0.4 is 5.73 Å². The van der Waals surface area contributed by atoms with Crippen molar-refractivity contribution in [3.8, 4) is 5.75 Å². The Labute approximate surface area is 124 Å². The highest BCUT2D eigenvalue weighted by Gasteiger charge is 2.19. The maximum Gasteiger partial charge on any atom is 0.257 e. The van der Waals surface area contributed by atoms with E-state index in [0.29, 0.717) is 30.8 Å². The molecule has 4 heteroatoms. The van der Waals surface area contributed by atoms with E-state index in [-0.39, 0.29) is 11.7 Å². The van der Waals surface area contributed by atoms with Crippen LogP contribution >= 0.6 is 0 Å². The lowest BCUT2D eigenvalue weighted by Gasteiger charge is -2.23. The van der Waals surface area contributed by atoms with Crippen molar-refractivity contribution in [2.75, 3.05) is 13.1 Å². The lowest BCUT2D eigenvalue weighted by molar-refractivity contribution is 0.0745. The van der Waals surface area contributed by atoms with Crippen LogP contribution in [0.2, 0.25) is 0 Å². The van der Waals surface area contributed by atoms with E-state index in [9.17, 15) is 9.90 Å². The largest absolute Gasteiger partial charge is 0.507 e. The number of nitrogens with two attached hydrogens (primary N) is 1. The highest BCUT2D eigenvalue weighted by atomic mass is 16.3. The smallest absolute Gasteiger partial charge is 0.257 e. The summed E-state index contributed by atoms with van der Waals surface area (Å²) in [5.74, 6) is -0.164. The monoisotopic (exact) mass is 284 g/mol. The van der Waals surface area contributed by atoms with Gasteiger partial charge in [0.1, 0.15) is 5.75 Å². The van der Waals surface area contributed by atoms with Crippen LogP contribution in [0.4, 0.5) is 0 Å². The van der Waals surface area contributed by atoms with Crippen LogP contribution in [-0.4, -0.2) is 29.0 Å². The molecule has 0 aliphatic rings. The van der Waals surface area contributed by atoms with E-state index in [1.165, 1.54) is 0 Å². The lowest BCUT2D eigenvalue weighted by atomic mass is 10.1. The molecule has 0 unspecified atom stereocenters. The number of aromatic hydroxyl groups is 1. The van der Waals surface area contributed by atoms with Crippen LogP contribution in [0.25, 0.3) is 0 Å². The molecule has 0 aromatic heterocycles. The van der Waals surface area contributed by atoms with Crippen LogP contribution in [0.15, 0.2) is 48.5 Å². The Hall–Kier alpha value is -2.33. The predicted octanol–water partition coefficient (Wildman–Crippen LogP) is 2.30. The molecule has 0 saturated carbocycles. The highest BCUT2D eigenvalue weighted by Crippen LogP contribution is 2.23. The van der Waals surface area contributed by atoms with Crippen molar-refractivity contribution in [3.63, 3.8) is 0 Å². The second-order valence-electron chi connectivity index (χ2n) is 4.97. The molecule has 0 bridgehead atoms. The Kier molecular flexibility index (Phi) is 4.95. The Morgan fingerprint density at radius 2 is 1.86 bits per heavy atom. The molecule has 0 fully saturated rings. The fourth-order valence-corrected chi connectivity index (χ4v) is 2.21. The Balaban J connectivity index is 2.25. The Morgan fingerprint density at radius 3 is 2.52 bits per heavy atom. The van der Waals surface area contributed by atoms with Gasteiger partial charge in [0.25, 0.3) is 5.91 Å². The van der Waals surface area contributed by atoms with Gasteiger partial charge in [0.2, 0.25) is 0 Å². The first-order valence-corrected chi connectivity index (χ1v) is 6.95. The van der Waals surface area contributed by atoms with Gasteiger partial charge in [0, 0.05) is 19.6 Å². The number of nitrogens with zero attached hydrogens (tertiary/aromatic N) is 1.